The predicted molar refractivity (Wildman–Crippen MR) is 57.7 cm³/mol. The summed E-state index contributed by atoms with van der Waals surface area (Å²) in [7, 11) is 0. The molecule has 3 nitrogen and oxygen atoms in total. The topological polar surface area (TPSA) is 54.4 Å². The molecule has 1 aromatic heterocycles. The molecule has 1 aromatic rings. The summed E-state index contributed by atoms with van der Waals surface area (Å²) < 4.78 is 0. The second-order valence-electron chi connectivity index (χ2n) is 3.40. The highest BCUT2D eigenvalue weighted by Crippen LogP contribution is 2.26. The second-order valence-corrected chi connectivity index (χ2v) is 4.35. The summed E-state index contributed by atoms with van der Waals surface area (Å²) in [6.07, 6.45) is 1.31. The van der Waals surface area contributed by atoms with Gasteiger partial charge < -0.3 is 5.11 Å². The van der Waals surface area contributed by atoms with Crippen LogP contribution in [0.25, 0.3) is 5.76 Å². The molecule has 0 spiro atoms. The van der Waals surface area contributed by atoms with Crippen LogP contribution in [0.3, 0.4) is 0 Å². The predicted octanol–water partition coefficient (Wildman–Crippen LogP) is 2.34. The van der Waals surface area contributed by atoms with Gasteiger partial charge in [0.05, 0.1) is 4.88 Å². The van der Waals surface area contributed by atoms with Crippen molar-refractivity contribution in [2.24, 2.45) is 0 Å². The Labute approximate surface area is 91.0 Å². The lowest BCUT2D eigenvalue weighted by molar-refractivity contribution is -0.123. The molecule has 1 saturated carbocycles. The van der Waals surface area contributed by atoms with E-state index in [2.05, 4.69) is 0 Å². The molecule has 0 saturated heterocycles. The number of carbonyl (C=O) groups excluding carboxylic acids is 2. The van der Waals surface area contributed by atoms with Crippen molar-refractivity contribution in [3.8, 4) is 0 Å². The molecule has 0 radical (unpaired) electrons. The fraction of sp³-hybridized carbons (Fsp3) is 0.273. The zero-order valence-electron chi connectivity index (χ0n) is 8.03. The molecule has 0 amide bonds. The van der Waals surface area contributed by atoms with Crippen molar-refractivity contribution in [3.05, 3.63) is 28.0 Å². The van der Waals surface area contributed by atoms with Crippen molar-refractivity contribution >= 4 is 28.7 Å². The van der Waals surface area contributed by atoms with Gasteiger partial charge in [0, 0.05) is 12.8 Å². The molecule has 1 N–H and O–H groups in total. The van der Waals surface area contributed by atoms with Crippen LogP contribution in [-0.4, -0.2) is 16.7 Å². The molecule has 78 valence electrons. The van der Waals surface area contributed by atoms with Gasteiger partial charge in [-0.25, -0.2) is 0 Å². The molecule has 1 aliphatic carbocycles. The number of rotatable bonds is 1. The number of thiophene rings is 1. The lowest BCUT2D eigenvalue weighted by atomic mass is 9.91. The molecule has 15 heavy (non-hydrogen) atoms. The molecular weight excluding hydrogens is 212 g/mol. The Morgan fingerprint density at radius 3 is 2.47 bits per heavy atom. The van der Waals surface area contributed by atoms with E-state index in [-0.39, 0.29) is 22.9 Å². The van der Waals surface area contributed by atoms with Crippen molar-refractivity contribution in [1.29, 1.82) is 0 Å². The third kappa shape index (κ3) is 1.85. The number of carbonyl (C=O) groups is 2. The van der Waals surface area contributed by atoms with E-state index in [1.165, 1.54) is 11.3 Å². The molecule has 1 fully saturated rings. The largest absolute Gasteiger partial charge is 0.506 e. The van der Waals surface area contributed by atoms with Gasteiger partial charge in [-0.05, 0) is 17.9 Å². The molecule has 4 heteroatoms. The van der Waals surface area contributed by atoms with Crippen molar-refractivity contribution in [3.63, 3.8) is 0 Å². The Morgan fingerprint density at radius 1 is 1.27 bits per heavy atom. The first-order valence-electron chi connectivity index (χ1n) is 4.73. The van der Waals surface area contributed by atoms with Gasteiger partial charge in [-0.1, -0.05) is 6.07 Å². The van der Waals surface area contributed by atoms with Crippen LogP contribution in [-0.2, 0) is 9.59 Å². The highest BCUT2D eigenvalue weighted by molar-refractivity contribution is 7.11. The molecule has 0 atom stereocenters. The summed E-state index contributed by atoms with van der Waals surface area (Å²) in [5.74, 6) is -0.631. The van der Waals surface area contributed by atoms with Crippen molar-refractivity contribution in [2.75, 3.05) is 0 Å². The summed E-state index contributed by atoms with van der Waals surface area (Å²) in [6, 6.07) is 3.47. The normalized spacial score (nSPS) is 16.9. The molecule has 1 aliphatic rings. The van der Waals surface area contributed by atoms with Crippen LogP contribution in [0, 0.1) is 0 Å². The number of aliphatic hydroxyl groups is 1. The average molecular weight is 222 g/mol. The van der Waals surface area contributed by atoms with E-state index < -0.39 is 0 Å². The second kappa shape index (κ2) is 3.98. The molecule has 0 aromatic carbocycles. The quantitative estimate of drug-likeness (QED) is 0.451. The minimum absolute atomic E-state index is 0.0105. The van der Waals surface area contributed by atoms with Crippen LogP contribution in [0.2, 0.25) is 0 Å². The smallest absolute Gasteiger partial charge is 0.170 e. The van der Waals surface area contributed by atoms with E-state index in [9.17, 15) is 14.7 Å². The standard InChI is InChI=1S/C11H10O3S/c12-7-3-1-4-8(13)10(7)11(14)9-5-2-6-15-9/h2,5-6,14H,1,3-4H2. The summed E-state index contributed by atoms with van der Waals surface area (Å²) in [6.45, 7) is 0. The molecule has 0 unspecified atom stereocenters. The summed E-state index contributed by atoms with van der Waals surface area (Å²) in [5, 5.41) is 11.6. The van der Waals surface area contributed by atoms with Gasteiger partial charge in [0.2, 0.25) is 0 Å². The number of Topliss-reactive ketones (excluding diaryl/α,β-unsaturated/α-hetero) is 2. The minimum atomic E-state index is -0.239. The minimum Gasteiger partial charge on any atom is -0.506 e. The first-order valence-corrected chi connectivity index (χ1v) is 5.61. The zero-order chi connectivity index (χ0) is 10.8. The zero-order valence-corrected chi connectivity index (χ0v) is 8.84. The van der Waals surface area contributed by atoms with Gasteiger partial charge in [-0.15, -0.1) is 11.3 Å². The number of aliphatic hydroxyl groups excluding tert-OH is 1. The van der Waals surface area contributed by atoms with Crippen LogP contribution in [0.1, 0.15) is 24.1 Å². The highest BCUT2D eigenvalue weighted by Gasteiger charge is 2.27. The number of hydrogen-bond donors (Lipinski definition) is 1. The maximum absolute atomic E-state index is 11.5. The molecule has 0 bridgehead atoms. The first kappa shape index (κ1) is 10.1. The van der Waals surface area contributed by atoms with Gasteiger partial charge in [0.25, 0.3) is 0 Å². The Hall–Kier alpha value is -1.42. The fourth-order valence-electron chi connectivity index (χ4n) is 1.62. The molecule has 2 rings (SSSR count). The summed E-state index contributed by atoms with van der Waals surface area (Å²) in [5.41, 5.74) is -0.0105. The Balaban J connectivity index is 2.45. The van der Waals surface area contributed by atoms with Crippen LogP contribution in [0.5, 0.6) is 0 Å². The van der Waals surface area contributed by atoms with Gasteiger partial charge >= 0.3 is 0 Å². The maximum Gasteiger partial charge on any atom is 0.170 e. The summed E-state index contributed by atoms with van der Waals surface area (Å²) in [4.78, 5) is 23.6. The first-order chi connectivity index (χ1) is 7.20. The monoisotopic (exact) mass is 222 g/mol. The van der Waals surface area contributed by atoms with Gasteiger partial charge in [-0.3, -0.25) is 9.59 Å². The van der Waals surface area contributed by atoms with Crippen LogP contribution in [0.4, 0.5) is 0 Å². The van der Waals surface area contributed by atoms with Gasteiger partial charge in [-0.2, -0.15) is 0 Å². The Bertz CT molecular complexity index is 411. The number of allylic oxidation sites excluding steroid dienone is 1. The SMILES string of the molecule is O=C1CCCC(=O)C1=C(O)c1cccs1. The van der Waals surface area contributed by atoms with Gasteiger partial charge in [0.1, 0.15) is 11.3 Å². The lowest BCUT2D eigenvalue weighted by Gasteiger charge is -2.12. The Kier molecular flexibility index (Phi) is 2.68. The lowest BCUT2D eigenvalue weighted by Crippen LogP contribution is -2.20. The van der Waals surface area contributed by atoms with E-state index >= 15 is 0 Å². The number of hydrogen-bond acceptors (Lipinski definition) is 4. The van der Waals surface area contributed by atoms with E-state index in [4.69, 9.17) is 0 Å². The van der Waals surface area contributed by atoms with Crippen LogP contribution in [0.15, 0.2) is 23.1 Å². The van der Waals surface area contributed by atoms with E-state index in [0.717, 1.165) is 0 Å². The highest BCUT2D eigenvalue weighted by atomic mass is 32.1. The molecule has 1 heterocycles. The van der Waals surface area contributed by atoms with Gasteiger partial charge in [0.15, 0.2) is 11.6 Å². The van der Waals surface area contributed by atoms with Crippen molar-refractivity contribution in [2.45, 2.75) is 19.3 Å². The third-order valence-corrected chi connectivity index (χ3v) is 3.23. The average Bonchev–Trinajstić information content (AvgIpc) is 2.69. The summed E-state index contributed by atoms with van der Waals surface area (Å²) >= 11 is 1.32. The molecular formula is C11H10O3S. The maximum atomic E-state index is 11.5. The van der Waals surface area contributed by atoms with Crippen LogP contribution < -0.4 is 0 Å². The third-order valence-electron chi connectivity index (χ3n) is 2.36. The number of ketones is 2. The fourth-order valence-corrected chi connectivity index (χ4v) is 2.29. The Morgan fingerprint density at radius 2 is 1.93 bits per heavy atom. The van der Waals surface area contributed by atoms with E-state index in [0.29, 0.717) is 24.1 Å². The molecule has 0 aliphatic heterocycles. The van der Waals surface area contributed by atoms with Crippen LogP contribution >= 0.6 is 11.3 Å². The van der Waals surface area contributed by atoms with E-state index in [1.807, 2.05) is 0 Å². The van der Waals surface area contributed by atoms with Crippen molar-refractivity contribution in [1.82, 2.24) is 0 Å². The van der Waals surface area contributed by atoms with E-state index in [1.54, 1.807) is 17.5 Å². The van der Waals surface area contributed by atoms with Crippen molar-refractivity contribution < 1.29 is 14.7 Å².